The Kier molecular flexibility index (Phi) is 2.85. The molecule has 1 aliphatic heterocycles. The van der Waals surface area contributed by atoms with Gasteiger partial charge in [0.05, 0.1) is 5.92 Å². The third kappa shape index (κ3) is 1.82. The van der Waals surface area contributed by atoms with E-state index < -0.39 is 11.9 Å². The number of nitrogens with one attached hydrogen (secondary N) is 1. The van der Waals surface area contributed by atoms with Crippen molar-refractivity contribution >= 4 is 17.6 Å². The van der Waals surface area contributed by atoms with Crippen molar-refractivity contribution in [2.75, 3.05) is 5.32 Å². The zero-order valence-corrected chi connectivity index (χ0v) is 11.7. The molecule has 1 aliphatic carbocycles. The van der Waals surface area contributed by atoms with Gasteiger partial charge in [-0.05, 0) is 35.8 Å². The Balaban J connectivity index is 1.98. The topological polar surface area (TPSA) is 66.4 Å². The van der Waals surface area contributed by atoms with Crippen LogP contribution in [0.5, 0.6) is 0 Å². The van der Waals surface area contributed by atoms with Gasteiger partial charge in [0.25, 0.3) is 0 Å². The summed E-state index contributed by atoms with van der Waals surface area (Å²) in [6, 6.07) is 7.85. The number of rotatable bonds is 2. The van der Waals surface area contributed by atoms with E-state index in [1.165, 1.54) is 0 Å². The van der Waals surface area contributed by atoms with Crippen LogP contribution in [-0.4, -0.2) is 17.0 Å². The minimum Gasteiger partial charge on any atom is -0.481 e. The predicted octanol–water partition coefficient (Wildman–Crippen LogP) is 2.86. The number of benzene rings is 1. The zero-order chi connectivity index (χ0) is 14.5. The van der Waals surface area contributed by atoms with E-state index in [-0.39, 0.29) is 23.2 Å². The van der Waals surface area contributed by atoms with Crippen molar-refractivity contribution in [1.29, 1.82) is 0 Å². The van der Waals surface area contributed by atoms with Crippen LogP contribution < -0.4 is 5.32 Å². The summed E-state index contributed by atoms with van der Waals surface area (Å²) in [7, 11) is 0. The molecular weight excluding hydrogens is 254 g/mol. The van der Waals surface area contributed by atoms with Crippen LogP contribution in [-0.2, 0) is 9.59 Å². The van der Waals surface area contributed by atoms with Gasteiger partial charge in [-0.2, -0.15) is 0 Å². The van der Waals surface area contributed by atoms with Gasteiger partial charge in [-0.25, -0.2) is 0 Å². The Labute approximate surface area is 118 Å². The van der Waals surface area contributed by atoms with E-state index in [9.17, 15) is 14.7 Å². The molecule has 0 saturated heterocycles. The summed E-state index contributed by atoms with van der Waals surface area (Å²) in [5, 5.41) is 12.3. The molecule has 1 amide bonds. The Morgan fingerprint density at radius 3 is 2.70 bits per heavy atom. The Bertz CT molecular complexity index is 583. The van der Waals surface area contributed by atoms with Crippen LogP contribution in [0.2, 0.25) is 0 Å². The molecule has 2 N–H and O–H groups in total. The molecule has 3 rings (SSSR count). The monoisotopic (exact) mass is 273 g/mol. The van der Waals surface area contributed by atoms with E-state index in [0.717, 1.165) is 17.7 Å². The summed E-state index contributed by atoms with van der Waals surface area (Å²) in [4.78, 5) is 23.6. The van der Waals surface area contributed by atoms with Gasteiger partial charge in [0.15, 0.2) is 0 Å². The van der Waals surface area contributed by atoms with Crippen LogP contribution in [0.1, 0.15) is 38.2 Å². The number of anilines is 1. The van der Waals surface area contributed by atoms with Gasteiger partial charge in [-0.1, -0.05) is 32.0 Å². The average molecular weight is 273 g/mol. The predicted molar refractivity (Wildman–Crippen MR) is 75.4 cm³/mol. The molecule has 0 bridgehead atoms. The maximum atomic E-state index is 12.3. The first kappa shape index (κ1) is 13.2. The third-order valence-corrected chi connectivity index (χ3v) is 5.23. The standard InChI is InChI=1S/C16H19NO3/c1-9(15(19)20)16(2)7-11-10-5-3-4-6-13(10)17-14(18)12(11)8-16/h3-6,9,11-12H,7-8H2,1-2H3,(H,17,18)(H,19,20)/t9?,11-,12?,16?/m0/s1. The van der Waals surface area contributed by atoms with Crippen LogP contribution in [0.15, 0.2) is 24.3 Å². The molecular formula is C16H19NO3. The van der Waals surface area contributed by atoms with Crippen molar-refractivity contribution in [3.05, 3.63) is 29.8 Å². The number of carboxylic acid groups (broad SMARTS) is 1. The SMILES string of the molecule is CC(C(=O)O)C1(C)CC2C(=O)Nc3ccccc3[C@@H]2C1. The molecule has 106 valence electrons. The van der Waals surface area contributed by atoms with E-state index in [4.69, 9.17) is 0 Å². The molecule has 2 aliphatic rings. The first-order valence-corrected chi connectivity index (χ1v) is 7.05. The molecule has 1 aromatic rings. The van der Waals surface area contributed by atoms with E-state index in [1.54, 1.807) is 6.92 Å². The molecule has 1 fully saturated rings. The molecule has 1 aromatic carbocycles. The Morgan fingerprint density at radius 2 is 2.00 bits per heavy atom. The second-order valence-electron chi connectivity index (χ2n) is 6.41. The maximum absolute atomic E-state index is 12.3. The van der Waals surface area contributed by atoms with E-state index in [1.807, 2.05) is 31.2 Å². The van der Waals surface area contributed by atoms with Crippen LogP contribution in [0.3, 0.4) is 0 Å². The second-order valence-corrected chi connectivity index (χ2v) is 6.41. The molecule has 4 heteroatoms. The van der Waals surface area contributed by atoms with Gasteiger partial charge in [0.2, 0.25) is 5.91 Å². The third-order valence-electron chi connectivity index (χ3n) is 5.23. The minimum atomic E-state index is -0.778. The second kappa shape index (κ2) is 4.33. The highest BCUT2D eigenvalue weighted by Gasteiger charge is 2.52. The quantitative estimate of drug-likeness (QED) is 0.870. The summed E-state index contributed by atoms with van der Waals surface area (Å²) in [6.07, 6.45) is 1.40. The first-order chi connectivity index (χ1) is 9.42. The molecule has 0 radical (unpaired) electrons. The molecule has 20 heavy (non-hydrogen) atoms. The van der Waals surface area contributed by atoms with Crippen molar-refractivity contribution in [1.82, 2.24) is 0 Å². The molecule has 4 nitrogen and oxygen atoms in total. The van der Waals surface area contributed by atoms with Crippen molar-refractivity contribution < 1.29 is 14.7 Å². The zero-order valence-electron chi connectivity index (χ0n) is 11.7. The number of amides is 1. The Morgan fingerprint density at radius 1 is 1.35 bits per heavy atom. The van der Waals surface area contributed by atoms with Gasteiger partial charge in [0.1, 0.15) is 0 Å². The number of hydrogen-bond acceptors (Lipinski definition) is 2. The average Bonchev–Trinajstić information content (AvgIpc) is 2.78. The largest absolute Gasteiger partial charge is 0.481 e. The summed E-state index contributed by atoms with van der Waals surface area (Å²) < 4.78 is 0. The molecule has 0 aromatic heterocycles. The van der Waals surface area contributed by atoms with Crippen LogP contribution >= 0.6 is 0 Å². The number of aliphatic carboxylic acids is 1. The normalized spacial score (nSPS) is 33.0. The number of para-hydroxylation sites is 1. The van der Waals surface area contributed by atoms with Gasteiger partial charge in [-0.15, -0.1) is 0 Å². The molecule has 4 atom stereocenters. The fourth-order valence-corrected chi connectivity index (χ4v) is 3.79. The van der Waals surface area contributed by atoms with Crippen molar-refractivity contribution in [3.8, 4) is 0 Å². The lowest BCUT2D eigenvalue weighted by Crippen LogP contribution is -2.31. The molecule has 0 spiro atoms. The molecule has 3 unspecified atom stereocenters. The first-order valence-electron chi connectivity index (χ1n) is 7.05. The lowest BCUT2D eigenvalue weighted by molar-refractivity contribution is -0.145. The van der Waals surface area contributed by atoms with Crippen molar-refractivity contribution in [2.45, 2.75) is 32.6 Å². The summed E-state index contributed by atoms with van der Waals surface area (Å²) in [5.41, 5.74) is 1.71. The van der Waals surface area contributed by atoms with E-state index in [0.29, 0.717) is 6.42 Å². The summed E-state index contributed by atoms with van der Waals surface area (Å²) >= 11 is 0. The fraction of sp³-hybridized carbons (Fsp3) is 0.500. The fourth-order valence-electron chi connectivity index (χ4n) is 3.79. The number of hydrogen-bond donors (Lipinski definition) is 2. The van der Waals surface area contributed by atoms with Gasteiger partial charge in [-0.3, -0.25) is 9.59 Å². The minimum absolute atomic E-state index is 0.0370. The van der Waals surface area contributed by atoms with Crippen LogP contribution in [0, 0.1) is 17.3 Å². The maximum Gasteiger partial charge on any atom is 0.306 e. The van der Waals surface area contributed by atoms with Crippen LogP contribution in [0.25, 0.3) is 0 Å². The lowest BCUT2D eigenvalue weighted by Gasteiger charge is -2.28. The lowest BCUT2D eigenvalue weighted by atomic mass is 9.75. The molecule has 1 saturated carbocycles. The Hall–Kier alpha value is -1.84. The van der Waals surface area contributed by atoms with Crippen LogP contribution in [0.4, 0.5) is 5.69 Å². The highest BCUT2D eigenvalue weighted by Crippen LogP contribution is 2.56. The highest BCUT2D eigenvalue weighted by molar-refractivity contribution is 5.97. The number of carbonyl (C=O) groups is 2. The van der Waals surface area contributed by atoms with Gasteiger partial charge < -0.3 is 10.4 Å². The van der Waals surface area contributed by atoms with Gasteiger partial charge >= 0.3 is 5.97 Å². The molecule has 1 heterocycles. The summed E-state index contributed by atoms with van der Waals surface area (Å²) in [5.74, 6) is -1.13. The van der Waals surface area contributed by atoms with Crippen molar-refractivity contribution in [3.63, 3.8) is 0 Å². The van der Waals surface area contributed by atoms with Crippen molar-refractivity contribution in [2.24, 2.45) is 17.3 Å². The number of carboxylic acids is 1. The van der Waals surface area contributed by atoms with E-state index >= 15 is 0 Å². The smallest absolute Gasteiger partial charge is 0.306 e. The number of carbonyl (C=O) groups excluding carboxylic acids is 1. The highest BCUT2D eigenvalue weighted by atomic mass is 16.4. The van der Waals surface area contributed by atoms with E-state index in [2.05, 4.69) is 5.32 Å². The number of fused-ring (bicyclic) bond motifs is 3. The van der Waals surface area contributed by atoms with Gasteiger partial charge in [0, 0.05) is 11.6 Å². The summed E-state index contributed by atoms with van der Waals surface area (Å²) in [6.45, 7) is 3.75.